The Morgan fingerprint density at radius 1 is 1.11 bits per heavy atom. The van der Waals surface area contributed by atoms with Gasteiger partial charge in [-0.3, -0.25) is 14.4 Å². The average Bonchev–Trinajstić information content (AvgIpc) is 3.04. The lowest BCUT2D eigenvalue weighted by Gasteiger charge is -2.22. The third kappa shape index (κ3) is 7.88. The van der Waals surface area contributed by atoms with Crippen LogP contribution in [0.2, 0.25) is 0 Å². The fourth-order valence-electron chi connectivity index (χ4n) is 3.89. The summed E-state index contributed by atoms with van der Waals surface area (Å²) in [7, 11) is 0. The fourth-order valence-corrected chi connectivity index (χ4v) is 3.89. The van der Waals surface area contributed by atoms with Gasteiger partial charge in [0, 0.05) is 54.6 Å². The van der Waals surface area contributed by atoms with E-state index in [0.29, 0.717) is 53.9 Å². The number of nitrogen functional groups attached to an aromatic ring is 1. The summed E-state index contributed by atoms with van der Waals surface area (Å²) in [6, 6.07) is 11.9. The standard InChI is InChI=1S/C27H35N5O5/c1-2-11-32(37-17-18-3-7-22(28)8-4-18)27(36)21-14-19-5-6-20(15-24(19)31-25(29)16-21)26(35)30-23(9-12-33)10-13-34/h3-8,14-15,23,33-34H,2,9-13,16-17,28H2,1H3,(H2,29,31)(H,30,35). The van der Waals surface area contributed by atoms with Gasteiger partial charge >= 0.3 is 0 Å². The first-order chi connectivity index (χ1) is 17.8. The van der Waals surface area contributed by atoms with Crippen LogP contribution in [0.25, 0.3) is 6.08 Å². The molecule has 1 aliphatic heterocycles. The van der Waals surface area contributed by atoms with Crippen molar-refractivity contribution in [2.24, 2.45) is 10.7 Å². The number of hydrogen-bond donors (Lipinski definition) is 5. The van der Waals surface area contributed by atoms with E-state index >= 15 is 0 Å². The molecule has 37 heavy (non-hydrogen) atoms. The second-order valence-electron chi connectivity index (χ2n) is 8.84. The lowest BCUT2D eigenvalue weighted by atomic mass is 10.0. The third-order valence-corrected chi connectivity index (χ3v) is 5.84. The monoisotopic (exact) mass is 509 g/mol. The molecule has 0 bridgehead atoms. The number of hydroxylamine groups is 2. The minimum Gasteiger partial charge on any atom is -0.399 e. The van der Waals surface area contributed by atoms with Crippen molar-refractivity contribution >= 4 is 35.1 Å². The van der Waals surface area contributed by atoms with Crippen LogP contribution < -0.4 is 16.8 Å². The summed E-state index contributed by atoms with van der Waals surface area (Å²) in [6.45, 7) is 2.37. The highest BCUT2D eigenvalue weighted by Crippen LogP contribution is 2.28. The van der Waals surface area contributed by atoms with Crippen LogP contribution in [-0.2, 0) is 16.2 Å². The summed E-state index contributed by atoms with van der Waals surface area (Å²) in [5.41, 5.74) is 15.3. The molecule has 2 amide bonds. The Morgan fingerprint density at radius 2 is 1.81 bits per heavy atom. The first-order valence-electron chi connectivity index (χ1n) is 12.3. The topological polar surface area (TPSA) is 164 Å². The molecule has 2 aromatic rings. The van der Waals surface area contributed by atoms with E-state index in [1.165, 1.54) is 5.06 Å². The van der Waals surface area contributed by atoms with Crippen molar-refractivity contribution in [3.8, 4) is 0 Å². The SMILES string of the molecule is CCCN(OCc1ccc(N)cc1)C(=O)C1=Cc2ccc(C(=O)NC(CCO)CCO)cc2N=C(N)C1. The number of amides is 2. The molecule has 1 heterocycles. The maximum absolute atomic E-state index is 13.4. The quantitative estimate of drug-likeness (QED) is 0.216. The Balaban J connectivity index is 1.79. The largest absolute Gasteiger partial charge is 0.399 e. The maximum Gasteiger partial charge on any atom is 0.273 e. The lowest BCUT2D eigenvalue weighted by molar-refractivity contribution is -0.187. The molecule has 0 fully saturated rings. The van der Waals surface area contributed by atoms with E-state index < -0.39 is 0 Å². The summed E-state index contributed by atoms with van der Waals surface area (Å²) in [5, 5.41) is 22.5. The molecule has 198 valence electrons. The molecular weight excluding hydrogens is 474 g/mol. The lowest BCUT2D eigenvalue weighted by Crippen LogP contribution is -2.36. The van der Waals surface area contributed by atoms with Crippen LogP contribution in [0.5, 0.6) is 0 Å². The Labute approximate surface area is 216 Å². The van der Waals surface area contributed by atoms with Gasteiger partial charge in [0.05, 0.1) is 5.69 Å². The molecule has 0 saturated carbocycles. The van der Waals surface area contributed by atoms with Gasteiger partial charge in [-0.2, -0.15) is 0 Å². The number of anilines is 1. The van der Waals surface area contributed by atoms with E-state index in [-0.39, 0.29) is 49.9 Å². The van der Waals surface area contributed by atoms with E-state index in [9.17, 15) is 19.8 Å². The van der Waals surface area contributed by atoms with Gasteiger partial charge in [-0.1, -0.05) is 25.1 Å². The van der Waals surface area contributed by atoms with Crippen molar-refractivity contribution in [1.29, 1.82) is 0 Å². The van der Waals surface area contributed by atoms with Gasteiger partial charge in [-0.25, -0.2) is 10.1 Å². The minimum absolute atomic E-state index is 0.101. The number of rotatable bonds is 12. The first-order valence-corrected chi connectivity index (χ1v) is 12.3. The van der Waals surface area contributed by atoms with Gasteiger partial charge in [0.1, 0.15) is 12.4 Å². The molecule has 2 aromatic carbocycles. The molecule has 0 spiro atoms. The van der Waals surface area contributed by atoms with Crippen molar-refractivity contribution in [2.45, 2.75) is 45.3 Å². The highest BCUT2D eigenvalue weighted by molar-refractivity contribution is 6.05. The first kappa shape index (κ1) is 27.9. The van der Waals surface area contributed by atoms with E-state index in [1.54, 1.807) is 36.4 Å². The van der Waals surface area contributed by atoms with Gasteiger partial charge in [0.2, 0.25) is 0 Å². The molecule has 10 nitrogen and oxygen atoms in total. The summed E-state index contributed by atoms with van der Waals surface area (Å²) in [5.74, 6) is -0.413. The summed E-state index contributed by atoms with van der Waals surface area (Å²) in [4.78, 5) is 36.4. The number of carbonyl (C=O) groups excluding carboxylic acids is 2. The van der Waals surface area contributed by atoms with Crippen molar-refractivity contribution < 1.29 is 24.6 Å². The second kappa shape index (κ2) is 13.5. The maximum atomic E-state index is 13.4. The number of nitrogens with one attached hydrogen (secondary N) is 1. The predicted molar refractivity (Wildman–Crippen MR) is 143 cm³/mol. The van der Waals surface area contributed by atoms with Crippen molar-refractivity contribution in [3.05, 3.63) is 64.7 Å². The fraction of sp³-hybridized carbons (Fsp3) is 0.370. The molecule has 0 unspecified atom stereocenters. The number of aliphatic hydroxyl groups is 2. The van der Waals surface area contributed by atoms with Crippen LogP contribution in [-0.4, -0.2) is 58.7 Å². The van der Waals surface area contributed by atoms with E-state index in [0.717, 1.165) is 5.56 Å². The van der Waals surface area contributed by atoms with Crippen LogP contribution in [0.4, 0.5) is 11.4 Å². The molecule has 7 N–H and O–H groups in total. The highest BCUT2D eigenvalue weighted by Gasteiger charge is 2.23. The highest BCUT2D eigenvalue weighted by atomic mass is 16.7. The van der Waals surface area contributed by atoms with Crippen molar-refractivity contribution in [2.75, 3.05) is 25.5 Å². The van der Waals surface area contributed by atoms with Crippen LogP contribution in [0.15, 0.2) is 53.0 Å². The molecule has 3 rings (SSSR count). The van der Waals surface area contributed by atoms with Gasteiger partial charge < -0.3 is 27.0 Å². The number of aliphatic imine (C=N–C) groups is 1. The number of nitrogens with zero attached hydrogens (tertiary/aromatic N) is 2. The molecule has 10 heteroatoms. The number of nitrogens with two attached hydrogens (primary N) is 2. The summed E-state index contributed by atoms with van der Waals surface area (Å²) >= 11 is 0. The smallest absolute Gasteiger partial charge is 0.273 e. The van der Waals surface area contributed by atoms with Crippen LogP contribution in [0.3, 0.4) is 0 Å². The van der Waals surface area contributed by atoms with E-state index in [4.69, 9.17) is 16.3 Å². The molecule has 0 saturated heterocycles. The summed E-state index contributed by atoms with van der Waals surface area (Å²) in [6.07, 6.45) is 3.23. The van der Waals surface area contributed by atoms with E-state index in [2.05, 4.69) is 10.3 Å². The van der Waals surface area contributed by atoms with Crippen LogP contribution in [0, 0.1) is 0 Å². The molecule has 0 aliphatic carbocycles. The van der Waals surface area contributed by atoms with Gasteiger partial charge in [-0.05, 0) is 55.2 Å². The zero-order chi connectivity index (χ0) is 26.8. The Morgan fingerprint density at radius 3 is 2.46 bits per heavy atom. The van der Waals surface area contributed by atoms with E-state index in [1.807, 2.05) is 19.1 Å². The second-order valence-corrected chi connectivity index (χ2v) is 8.84. The molecule has 0 atom stereocenters. The number of benzene rings is 2. The number of hydrogen-bond acceptors (Lipinski definition) is 8. The van der Waals surface area contributed by atoms with Crippen molar-refractivity contribution in [3.63, 3.8) is 0 Å². The number of fused-ring (bicyclic) bond motifs is 1. The molecular formula is C27H35N5O5. The number of amidine groups is 1. The Bertz CT molecular complexity index is 1140. The Kier molecular flexibility index (Phi) is 10.2. The molecule has 0 radical (unpaired) electrons. The minimum atomic E-state index is -0.350. The average molecular weight is 510 g/mol. The Hall–Kier alpha value is -3.73. The van der Waals surface area contributed by atoms with Gasteiger partial charge in [-0.15, -0.1) is 0 Å². The zero-order valence-electron chi connectivity index (χ0n) is 21.0. The van der Waals surface area contributed by atoms with Crippen LogP contribution in [0.1, 0.15) is 54.1 Å². The molecule has 1 aliphatic rings. The molecule has 0 aromatic heterocycles. The number of aliphatic hydroxyl groups excluding tert-OH is 2. The number of carbonyl (C=O) groups is 2. The van der Waals surface area contributed by atoms with Crippen molar-refractivity contribution in [1.82, 2.24) is 10.4 Å². The third-order valence-electron chi connectivity index (χ3n) is 5.84. The zero-order valence-corrected chi connectivity index (χ0v) is 21.0. The summed E-state index contributed by atoms with van der Waals surface area (Å²) < 4.78 is 0. The predicted octanol–water partition coefficient (Wildman–Crippen LogP) is 2.28. The van der Waals surface area contributed by atoms with Gasteiger partial charge in [0.15, 0.2) is 0 Å². The van der Waals surface area contributed by atoms with Crippen LogP contribution >= 0.6 is 0 Å². The van der Waals surface area contributed by atoms with Gasteiger partial charge in [0.25, 0.3) is 11.8 Å². The normalized spacial score (nSPS) is 12.9.